The summed E-state index contributed by atoms with van der Waals surface area (Å²) >= 11 is 0. The lowest BCUT2D eigenvalue weighted by atomic mass is 9.96. The van der Waals surface area contributed by atoms with E-state index in [1.54, 1.807) is 19.5 Å². The van der Waals surface area contributed by atoms with Gasteiger partial charge in [0.15, 0.2) is 5.82 Å². The van der Waals surface area contributed by atoms with E-state index in [1.165, 1.54) is 0 Å². The topological polar surface area (TPSA) is 69.0 Å². The highest BCUT2D eigenvalue weighted by Crippen LogP contribution is 2.31. The van der Waals surface area contributed by atoms with E-state index in [9.17, 15) is 0 Å². The number of methoxy groups -OCH3 is 1. The third-order valence-corrected chi connectivity index (χ3v) is 4.81. The molecule has 0 spiro atoms. The SMILES string of the molecule is COc1nccnc1N1CCC(c2nccn2Cc2ccccn2)CC1. The van der Waals surface area contributed by atoms with Crippen LogP contribution in [0, 0.1) is 0 Å². The second kappa shape index (κ2) is 7.51. The summed E-state index contributed by atoms with van der Waals surface area (Å²) in [5.41, 5.74) is 1.05. The van der Waals surface area contributed by atoms with Gasteiger partial charge in [-0.3, -0.25) is 4.98 Å². The molecule has 7 nitrogen and oxygen atoms in total. The van der Waals surface area contributed by atoms with Crippen molar-refractivity contribution in [2.75, 3.05) is 25.1 Å². The molecule has 4 heterocycles. The molecule has 3 aromatic heterocycles. The van der Waals surface area contributed by atoms with Crippen LogP contribution in [-0.2, 0) is 6.54 Å². The van der Waals surface area contributed by atoms with E-state index in [1.807, 2.05) is 36.8 Å². The number of anilines is 1. The molecule has 4 rings (SSSR count). The van der Waals surface area contributed by atoms with Crippen LogP contribution in [0.1, 0.15) is 30.3 Å². The molecule has 0 bridgehead atoms. The van der Waals surface area contributed by atoms with Gasteiger partial charge in [-0.25, -0.2) is 15.0 Å². The fourth-order valence-corrected chi connectivity index (χ4v) is 3.51. The molecular formula is C19H22N6O. The molecule has 0 aliphatic carbocycles. The van der Waals surface area contributed by atoms with Crippen LogP contribution < -0.4 is 9.64 Å². The third kappa shape index (κ3) is 3.37. The van der Waals surface area contributed by atoms with Gasteiger partial charge in [0, 0.05) is 50.0 Å². The number of aromatic nitrogens is 5. The highest BCUT2D eigenvalue weighted by molar-refractivity contribution is 5.48. The Balaban J connectivity index is 1.45. The van der Waals surface area contributed by atoms with Crippen molar-refractivity contribution < 1.29 is 4.74 Å². The van der Waals surface area contributed by atoms with E-state index in [0.717, 1.165) is 49.8 Å². The molecule has 3 aromatic rings. The molecule has 0 saturated carbocycles. The molecule has 134 valence electrons. The highest BCUT2D eigenvalue weighted by atomic mass is 16.5. The van der Waals surface area contributed by atoms with Crippen molar-refractivity contribution in [3.63, 3.8) is 0 Å². The number of hydrogen-bond donors (Lipinski definition) is 0. The summed E-state index contributed by atoms with van der Waals surface area (Å²) in [7, 11) is 1.63. The molecular weight excluding hydrogens is 328 g/mol. The maximum absolute atomic E-state index is 5.34. The summed E-state index contributed by atoms with van der Waals surface area (Å²) in [6.45, 7) is 2.58. The van der Waals surface area contributed by atoms with Crippen LogP contribution in [-0.4, -0.2) is 44.7 Å². The highest BCUT2D eigenvalue weighted by Gasteiger charge is 2.26. The van der Waals surface area contributed by atoms with Gasteiger partial charge in [0.1, 0.15) is 5.82 Å². The Bertz CT molecular complexity index is 842. The van der Waals surface area contributed by atoms with Crippen LogP contribution in [0.15, 0.2) is 49.2 Å². The molecule has 1 aliphatic rings. The van der Waals surface area contributed by atoms with Gasteiger partial charge in [0.2, 0.25) is 0 Å². The standard InChI is InChI=1S/C19H22N6O/c1-26-19-18(21-8-9-23-19)24-11-5-15(6-12-24)17-22-10-13-25(17)14-16-4-2-3-7-20-16/h2-4,7-10,13,15H,5-6,11-12,14H2,1H3. The lowest BCUT2D eigenvalue weighted by molar-refractivity contribution is 0.390. The average molecular weight is 350 g/mol. The van der Waals surface area contributed by atoms with E-state index in [-0.39, 0.29) is 0 Å². The maximum Gasteiger partial charge on any atom is 0.257 e. The molecule has 0 amide bonds. The van der Waals surface area contributed by atoms with Gasteiger partial charge >= 0.3 is 0 Å². The summed E-state index contributed by atoms with van der Waals surface area (Å²) in [5, 5.41) is 0. The first kappa shape index (κ1) is 16.5. The molecule has 0 atom stereocenters. The first-order valence-electron chi connectivity index (χ1n) is 8.86. The first-order valence-corrected chi connectivity index (χ1v) is 8.86. The predicted octanol–water partition coefficient (Wildman–Crippen LogP) is 2.51. The number of hydrogen-bond acceptors (Lipinski definition) is 6. The van der Waals surface area contributed by atoms with Crippen molar-refractivity contribution in [2.24, 2.45) is 0 Å². The van der Waals surface area contributed by atoms with E-state index in [2.05, 4.69) is 29.4 Å². The fraction of sp³-hybridized carbons (Fsp3) is 0.368. The van der Waals surface area contributed by atoms with Crippen LogP contribution in [0.3, 0.4) is 0 Å². The summed E-state index contributed by atoms with van der Waals surface area (Å²) in [6, 6.07) is 6.01. The van der Waals surface area contributed by atoms with E-state index >= 15 is 0 Å². The number of nitrogens with zero attached hydrogens (tertiary/aromatic N) is 6. The molecule has 0 unspecified atom stereocenters. The summed E-state index contributed by atoms with van der Waals surface area (Å²) in [6.07, 6.45) is 11.2. The number of ether oxygens (including phenoxy) is 1. The van der Waals surface area contributed by atoms with Crippen LogP contribution in [0.4, 0.5) is 5.82 Å². The molecule has 1 fully saturated rings. The van der Waals surface area contributed by atoms with Crippen LogP contribution in [0.5, 0.6) is 5.88 Å². The molecule has 1 aliphatic heterocycles. The van der Waals surface area contributed by atoms with Gasteiger partial charge in [-0.2, -0.15) is 0 Å². The molecule has 26 heavy (non-hydrogen) atoms. The minimum Gasteiger partial charge on any atom is -0.478 e. The normalized spacial score (nSPS) is 15.2. The Kier molecular flexibility index (Phi) is 4.77. The van der Waals surface area contributed by atoms with Crippen LogP contribution in [0.25, 0.3) is 0 Å². The second-order valence-corrected chi connectivity index (χ2v) is 6.38. The predicted molar refractivity (Wildman–Crippen MR) is 98.3 cm³/mol. The lowest BCUT2D eigenvalue weighted by Gasteiger charge is -2.32. The fourth-order valence-electron chi connectivity index (χ4n) is 3.51. The van der Waals surface area contributed by atoms with Crippen molar-refractivity contribution in [1.82, 2.24) is 24.5 Å². The van der Waals surface area contributed by atoms with Gasteiger partial charge in [0.05, 0.1) is 19.3 Å². The minimum absolute atomic E-state index is 0.438. The van der Waals surface area contributed by atoms with Crippen molar-refractivity contribution in [1.29, 1.82) is 0 Å². The van der Waals surface area contributed by atoms with E-state index < -0.39 is 0 Å². The van der Waals surface area contributed by atoms with Gasteiger partial charge in [-0.1, -0.05) is 6.07 Å². The average Bonchev–Trinajstić information content (AvgIpc) is 3.17. The first-order chi connectivity index (χ1) is 12.8. The minimum atomic E-state index is 0.438. The van der Waals surface area contributed by atoms with Gasteiger partial charge in [-0.05, 0) is 25.0 Å². The largest absolute Gasteiger partial charge is 0.478 e. The Morgan fingerprint density at radius 1 is 1.00 bits per heavy atom. The number of pyridine rings is 1. The van der Waals surface area contributed by atoms with Crippen molar-refractivity contribution in [3.8, 4) is 5.88 Å². The van der Waals surface area contributed by atoms with Gasteiger partial charge in [0.25, 0.3) is 5.88 Å². The zero-order chi connectivity index (χ0) is 17.8. The van der Waals surface area contributed by atoms with Crippen LogP contribution in [0.2, 0.25) is 0 Å². The smallest absolute Gasteiger partial charge is 0.257 e. The Hall–Kier alpha value is -2.96. The van der Waals surface area contributed by atoms with Gasteiger partial charge in [-0.15, -0.1) is 0 Å². The van der Waals surface area contributed by atoms with Crippen molar-refractivity contribution in [3.05, 3.63) is 60.7 Å². The number of rotatable bonds is 5. The van der Waals surface area contributed by atoms with E-state index in [0.29, 0.717) is 11.8 Å². The number of imidazole rings is 1. The number of piperidine rings is 1. The monoisotopic (exact) mass is 350 g/mol. The molecule has 0 aromatic carbocycles. The summed E-state index contributed by atoms with van der Waals surface area (Å²) in [5.74, 6) is 2.99. The lowest BCUT2D eigenvalue weighted by Crippen LogP contribution is -2.34. The van der Waals surface area contributed by atoms with E-state index in [4.69, 9.17) is 4.74 Å². The van der Waals surface area contributed by atoms with Gasteiger partial charge < -0.3 is 14.2 Å². The quantitative estimate of drug-likeness (QED) is 0.704. The molecule has 7 heteroatoms. The van der Waals surface area contributed by atoms with Crippen molar-refractivity contribution >= 4 is 5.82 Å². The third-order valence-electron chi connectivity index (χ3n) is 4.81. The second-order valence-electron chi connectivity index (χ2n) is 6.38. The zero-order valence-electron chi connectivity index (χ0n) is 14.8. The van der Waals surface area contributed by atoms with Crippen LogP contribution >= 0.6 is 0 Å². The van der Waals surface area contributed by atoms with Crippen molar-refractivity contribution in [2.45, 2.75) is 25.3 Å². The zero-order valence-corrected chi connectivity index (χ0v) is 14.8. The summed E-state index contributed by atoms with van der Waals surface area (Å²) in [4.78, 5) is 20.0. The Morgan fingerprint density at radius 3 is 2.62 bits per heavy atom. The molecule has 0 N–H and O–H groups in total. The Morgan fingerprint density at radius 2 is 1.85 bits per heavy atom. The summed E-state index contributed by atoms with van der Waals surface area (Å²) < 4.78 is 7.56. The Labute approximate surface area is 152 Å². The molecule has 1 saturated heterocycles. The molecule has 0 radical (unpaired) electrons. The maximum atomic E-state index is 5.34.